The predicted octanol–water partition coefficient (Wildman–Crippen LogP) is 4.49. The van der Waals surface area contributed by atoms with Crippen LogP contribution in [0.3, 0.4) is 0 Å². The van der Waals surface area contributed by atoms with Crippen LogP contribution in [0.1, 0.15) is 34.6 Å². The van der Waals surface area contributed by atoms with E-state index < -0.39 is 17.7 Å². The first-order valence-corrected chi connectivity index (χ1v) is 8.83. The van der Waals surface area contributed by atoms with Gasteiger partial charge in [0.2, 0.25) is 0 Å². The summed E-state index contributed by atoms with van der Waals surface area (Å²) in [5, 5.41) is 4.60. The zero-order chi connectivity index (χ0) is 18.5. The summed E-state index contributed by atoms with van der Waals surface area (Å²) in [6, 6.07) is 9.31. The van der Waals surface area contributed by atoms with Crippen molar-refractivity contribution in [3.63, 3.8) is 0 Å². The monoisotopic (exact) mass is 374 g/mol. The fraction of sp³-hybridized carbons (Fsp3) is 0.158. The van der Waals surface area contributed by atoms with Crippen LogP contribution >= 0.6 is 11.3 Å². The second kappa shape index (κ2) is 8.05. The number of nitrogens with one attached hydrogen (secondary N) is 1. The average Bonchev–Trinajstić information content (AvgIpc) is 3.13. The summed E-state index contributed by atoms with van der Waals surface area (Å²) in [5.41, 5.74) is 3.22. The van der Waals surface area contributed by atoms with Crippen LogP contribution in [0.25, 0.3) is 0 Å². The highest BCUT2D eigenvalue weighted by atomic mass is 32.1. The van der Waals surface area contributed by atoms with E-state index in [2.05, 4.69) is 10.3 Å². The molecule has 3 aromatic rings. The highest BCUT2D eigenvalue weighted by Gasteiger charge is 2.15. The highest BCUT2D eigenvalue weighted by Crippen LogP contribution is 2.19. The van der Waals surface area contributed by atoms with Gasteiger partial charge in [-0.05, 0) is 37.3 Å². The van der Waals surface area contributed by atoms with Crippen molar-refractivity contribution in [1.29, 1.82) is 0 Å². The van der Waals surface area contributed by atoms with Crippen molar-refractivity contribution in [3.05, 3.63) is 81.8 Å². The molecule has 0 fully saturated rings. The zero-order valence-corrected chi connectivity index (χ0v) is 14.7. The van der Waals surface area contributed by atoms with Gasteiger partial charge in [0.25, 0.3) is 5.91 Å². The Balaban J connectivity index is 1.60. The van der Waals surface area contributed by atoms with Crippen LogP contribution < -0.4 is 10.1 Å². The molecular weight excluding hydrogens is 358 g/mol. The van der Waals surface area contributed by atoms with E-state index in [9.17, 15) is 13.6 Å². The third-order valence-corrected chi connectivity index (χ3v) is 4.40. The maximum absolute atomic E-state index is 13.8. The van der Waals surface area contributed by atoms with Gasteiger partial charge in [0, 0.05) is 22.6 Å². The summed E-state index contributed by atoms with van der Waals surface area (Å²) in [5.74, 6) is -1.08. The van der Waals surface area contributed by atoms with Gasteiger partial charge in [0.05, 0.1) is 17.2 Å². The zero-order valence-electron chi connectivity index (χ0n) is 13.9. The van der Waals surface area contributed by atoms with Gasteiger partial charge in [-0.1, -0.05) is 6.07 Å². The Kier molecular flexibility index (Phi) is 5.58. The van der Waals surface area contributed by atoms with Gasteiger partial charge in [-0.3, -0.25) is 4.79 Å². The fourth-order valence-electron chi connectivity index (χ4n) is 2.38. The summed E-state index contributed by atoms with van der Waals surface area (Å²) in [4.78, 5) is 16.4. The largest absolute Gasteiger partial charge is 0.487 e. The predicted molar refractivity (Wildman–Crippen MR) is 95.1 cm³/mol. The van der Waals surface area contributed by atoms with Gasteiger partial charge in [-0.15, -0.1) is 11.3 Å². The highest BCUT2D eigenvalue weighted by molar-refractivity contribution is 7.07. The van der Waals surface area contributed by atoms with E-state index in [0.29, 0.717) is 17.9 Å². The lowest BCUT2D eigenvalue weighted by Gasteiger charge is -2.15. The van der Waals surface area contributed by atoms with E-state index in [1.165, 1.54) is 17.4 Å². The molecule has 1 aromatic heterocycles. The van der Waals surface area contributed by atoms with E-state index in [-0.39, 0.29) is 11.5 Å². The third kappa shape index (κ3) is 4.43. The smallest absolute Gasteiger partial charge is 0.251 e. The van der Waals surface area contributed by atoms with Crippen molar-refractivity contribution in [2.24, 2.45) is 0 Å². The number of ether oxygens (including phenoxy) is 1. The molecule has 2 aromatic carbocycles. The number of hydrogen-bond donors (Lipinski definition) is 1. The van der Waals surface area contributed by atoms with Crippen molar-refractivity contribution in [3.8, 4) is 5.75 Å². The summed E-state index contributed by atoms with van der Waals surface area (Å²) in [7, 11) is 0. The molecule has 0 radical (unpaired) electrons. The minimum Gasteiger partial charge on any atom is -0.487 e. The van der Waals surface area contributed by atoms with E-state index in [1.807, 2.05) is 5.38 Å². The molecule has 1 N–H and O–H groups in total. The van der Waals surface area contributed by atoms with Gasteiger partial charge in [0.1, 0.15) is 24.0 Å². The van der Waals surface area contributed by atoms with Crippen LogP contribution in [0.2, 0.25) is 0 Å². The number of hydrogen-bond acceptors (Lipinski definition) is 4. The number of aromatic nitrogens is 1. The first-order chi connectivity index (χ1) is 12.5. The first kappa shape index (κ1) is 18.0. The molecule has 0 saturated carbocycles. The van der Waals surface area contributed by atoms with Crippen LogP contribution in [-0.4, -0.2) is 10.9 Å². The Labute approximate surface area is 153 Å². The molecule has 0 saturated heterocycles. The van der Waals surface area contributed by atoms with Crippen LogP contribution in [0, 0.1) is 11.6 Å². The topological polar surface area (TPSA) is 51.2 Å². The average molecular weight is 374 g/mol. The van der Waals surface area contributed by atoms with Crippen LogP contribution in [-0.2, 0) is 6.61 Å². The van der Waals surface area contributed by atoms with Crippen molar-refractivity contribution in [2.75, 3.05) is 0 Å². The molecule has 0 aliphatic rings. The van der Waals surface area contributed by atoms with Crippen molar-refractivity contribution in [1.82, 2.24) is 10.3 Å². The van der Waals surface area contributed by atoms with E-state index in [0.717, 1.165) is 17.8 Å². The minimum absolute atomic E-state index is 0.225. The van der Waals surface area contributed by atoms with Gasteiger partial charge >= 0.3 is 0 Å². The molecule has 4 nitrogen and oxygen atoms in total. The fourth-order valence-corrected chi connectivity index (χ4v) is 2.92. The van der Waals surface area contributed by atoms with Gasteiger partial charge in [-0.25, -0.2) is 13.8 Å². The summed E-state index contributed by atoms with van der Waals surface area (Å²) >= 11 is 1.50. The summed E-state index contributed by atoms with van der Waals surface area (Å²) < 4.78 is 32.4. The second-order valence-electron chi connectivity index (χ2n) is 5.65. The Bertz CT molecular complexity index is 883. The van der Waals surface area contributed by atoms with Crippen LogP contribution in [0.5, 0.6) is 5.75 Å². The Morgan fingerprint density at radius 2 is 2.00 bits per heavy atom. The number of carbonyl (C=O) groups excluding carboxylic acids is 1. The number of benzene rings is 2. The Morgan fingerprint density at radius 1 is 1.23 bits per heavy atom. The lowest BCUT2D eigenvalue weighted by Crippen LogP contribution is -2.27. The van der Waals surface area contributed by atoms with Gasteiger partial charge in [-0.2, -0.15) is 0 Å². The molecule has 3 rings (SSSR count). The van der Waals surface area contributed by atoms with Crippen molar-refractivity contribution < 1.29 is 18.3 Å². The lowest BCUT2D eigenvalue weighted by atomic mass is 10.1. The SMILES string of the molecule is C[C@@H](NC(=O)c1ccc(OCc2cscn2)cc1)c1ccc(F)cc1F. The summed E-state index contributed by atoms with van der Waals surface area (Å²) in [6.07, 6.45) is 0. The Morgan fingerprint density at radius 3 is 2.65 bits per heavy atom. The molecule has 0 spiro atoms. The maximum atomic E-state index is 13.8. The molecule has 26 heavy (non-hydrogen) atoms. The number of carbonyl (C=O) groups is 1. The number of rotatable bonds is 6. The van der Waals surface area contributed by atoms with E-state index >= 15 is 0 Å². The molecular formula is C19H16F2N2O2S. The molecule has 0 bridgehead atoms. The lowest BCUT2D eigenvalue weighted by molar-refractivity contribution is 0.0939. The molecule has 0 unspecified atom stereocenters. The quantitative estimate of drug-likeness (QED) is 0.692. The van der Waals surface area contributed by atoms with Crippen molar-refractivity contribution >= 4 is 17.2 Å². The molecule has 0 aliphatic heterocycles. The normalized spacial score (nSPS) is 11.8. The first-order valence-electron chi connectivity index (χ1n) is 7.88. The van der Waals surface area contributed by atoms with Crippen LogP contribution in [0.15, 0.2) is 53.4 Å². The van der Waals surface area contributed by atoms with Gasteiger partial charge in [0.15, 0.2) is 0 Å². The maximum Gasteiger partial charge on any atom is 0.251 e. The van der Waals surface area contributed by atoms with Crippen molar-refractivity contribution in [2.45, 2.75) is 19.6 Å². The molecule has 1 atom stereocenters. The second-order valence-corrected chi connectivity index (χ2v) is 6.37. The number of thiazole rings is 1. The number of halogens is 2. The van der Waals surface area contributed by atoms with E-state index in [4.69, 9.17) is 4.74 Å². The van der Waals surface area contributed by atoms with E-state index in [1.54, 1.807) is 36.7 Å². The number of nitrogens with zero attached hydrogens (tertiary/aromatic N) is 1. The molecule has 7 heteroatoms. The van der Waals surface area contributed by atoms with Crippen LogP contribution in [0.4, 0.5) is 8.78 Å². The molecule has 0 aliphatic carbocycles. The molecule has 1 amide bonds. The summed E-state index contributed by atoms with van der Waals surface area (Å²) in [6.45, 7) is 2.00. The standard InChI is InChI=1S/C19H16F2N2O2S/c1-12(17-7-4-14(20)8-18(17)21)23-19(24)13-2-5-16(6-3-13)25-9-15-10-26-11-22-15/h2-8,10-12H,9H2,1H3,(H,23,24)/t12-/m1/s1. The van der Waals surface area contributed by atoms with Gasteiger partial charge < -0.3 is 10.1 Å². The molecule has 134 valence electrons. The minimum atomic E-state index is -0.691. The Hall–Kier alpha value is -2.80. The third-order valence-electron chi connectivity index (χ3n) is 3.76. The molecule has 1 heterocycles. The number of amides is 1.